The van der Waals surface area contributed by atoms with E-state index in [-0.39, 0.29) is 17.7 Å². The third-order valence-corrected chi connectivity index (χ3v) is 6.66. The lowest BCUT2D eigenvalue weighted by Gasteiger charge is -2.24. The number of nitrogens with zero attached hydrogens (tertiary/aromatic N) is 2. The third-order valence-electron chi connectivity index (χ3n) is 5.18. The van der Waals surface area contributed by atoms with Crippen molar-refractivity contribution < 1.29 is 18.7 Å². The summed E-state index contributed by atoms with van der Waals surface area (Å²) in [5.74, 6) is -0.357. The van der Waals surface area contributed by atoms with Crippen LogP contribution in [0.1, 0.15) is 31.0 Å². The van der Waals surface area contributed by atoms with Crippen molar-refractivity contribution in [2.75, 3.05) is 13.7 Å². The Kier molecular flexibility index (Phi) is 6.62. The van der Waals surface area contributed by atoms with Gasteiger partial charge in [0.2, 0.25) is 0 Å². The van der Waals surface area contributed by atoms with Crippen LogP contribution in [0.2, 0.25) is 0 Å². The second-order valence-electron chi connectivity index (χ2n) is 7.24. The molecular formula is C24H20BrFN2O4S. The van der Waals surface area contributed by atoms with Crippen LogP contribution in [0.3, 0.4) is 0 Å². The van der Waals surface area contributed by atoms with E-state index < -0.39 is 17.8 Å². The maximum Gasteiger partial charge on any atom is 0.338 e. The van der Waals surface area contributed by atoms with Gasteiger partial charge in [-0.2, -0.15) is 0 Å². The van der Waals surface area contributed by atoms with Gasteiger partial charge >= 0.3 is 5.97 Å². The van der Waals surface area contributed by atoms with Crippen molar-refractivity contribution in [2.24, 2.45) is 4.99 Å². The molecule has 170 valence electrons. The maximum atomic E-state index is 13.6. The summed E-state index contributed by atoms with van der Waals surface area (Å²) < 4.78 is 27.0. The summed E-state index contributed by atoms with van der Waals surface area (Å²) >= 11 is 4.66. The van der Waals surface area contributed by atoms with Gasteiger partial charge in [-0.15, -0.1) is 0 Å². The monoisotopic (exact) mass is 530 g/mol. The molecule has 0 unspecified atom stereocenters. The van der Waals surface area contributed by atoms with Crippen molar-refractivity contribution in [2.45, 2.75) is 19.9 Å². The first-order valence-electron chi connectivity index (χ1n) is 10.1. The number of rotatable bonds is 5. The van der Waals surface area contributed by atoms with Gasteiger partial charge in [0.1, 0.15) is 11.6 Å². The van der Waals surface area contributed by atoms with Crippen molar-refractivity contribution in [1.82, 2.24) is 4.57 Å². The molecule has 3 aromatic rings. The molecule has 0 amide bonds. The zero-order valence-corrected chi connectivity index (χ0v) is 20.5. The highest BCUT2D eigenvalue weighted by Crippen LogP contribution is 2.31. The number of esters is 1. The fraction of sp³-hybridized carbons (Fsp3) is 0.208. The van der Waals surface area contributed by atoms with E-state index in [1.807, 2.05) is 12.1 Å². The number of thiazole rings is 1. The number of halogens is 2. The van der Waals surface area contributed by atoms with Crippen LogP contribution in [0.25, 0.3) is 6.08 Å². The van der Waals surface area contributed by atoms with Crippen LogP contribution >= 0.6 is 27.3 Å². The standard InChI is InChI=1S/C24H20BrFN2O4S/c1-4-32-23(30)20-13(2)27-24-28(21(20)14-5-8-17(26)9-6-14)22(29)19(33-24)12-15-11-16(25)7-10-18(15)31-3/h5-12,21H,4H2,1-3H3/b19-12-/t21-/m0/s1. The molecular weight excluding hydrogens is 511 g/mol. The highest BCUT2D eigenvalue weighted by molar-refractivity contribution is 9.10. The summed E-state index contributed by atoms with van der Waals surface area (Å²) in [6.07, 6.45) is 1.73. The molecule has 0 saturated heterocycles. The molecule has 4 rings (SSSR count). The summed E-state index contributed by atoms with van der Waals surface area (Å²) in [6, 6.07) is 10.4. The number of allylic oxidation sites excluding steroid dienone is 1. The Labute approximate surface area is 201 Å². The van der Waals surface area contributed by atoms with Gasteiger partial charge < -0.3 is 9.47 Å². The van der Waals surface area contributed by atoms with E-state index >= 15 is 0 Å². The summed E-state index contributed by atoms with van der Waals surface area (Å²) in [5.41, 5.74) is 1.70. The van der Waals surface area contributed by atoms with Crippen LogP contribution in [0.4, 0.5) is 4.39 Å². The van der Waals surface area contributed by atoms with E-state index in [1.54, 1.807) is 45.2 Å². The van der Waals surface area contributed by atoms with Crippen LogP contribution in [0.5, 0.6) is 5.75 Å². The number of hydrogen-bond donors (Lipinski definition) is 0. The Hall–Kier alpha value is -3.04. The van der Waals surface area contributed by atoms with Crippen molar-refractivity contribution in [3.63, 3.8) is 0 Å². The van der Waals surface area contributed by atoms with Crippen molar-refractivity contribution in [3.8, 4) is 5.75 Å². The van der Waals surface area contributed by atoms with E-state index in [1.165, 1.54) is 28.0 Å². The maximum absolute atomic E-state index is 13.6. The molecule has 0 bridgehead atoms. The highest BCUT2D eigenvalue weighted by Gasteiger charge is 2.33. The minimum Gasteiger partial charge on any atom is -0.496 e. The van der Waals surface area contributed by atoms with E-state index in [4.69, 9.17) is 9.47 Å². The van der Waals surface area contributed by atoms with Crippen LogP contribution < -0.4 is 19.6 Å². The smallest absolute Gasteiger partial charge is 0.338 e. The number of carbonyl (C=O) groups excluding carboxylic acids is 1. The predicted molar refractivity (Wildman–Crippen MR) is 127 cm³/mol. The van der Waals surface area contributed by atoms with E-state index in [0.29, 0.717) is 26.3 Å². The molecule has 2 heterocycles. The Bertz CT molecular complexity index is 1440. The molecule has 0 N–H and O–H groups in total. The lowest BCUT2D eigenvalue weighted by Crippen LogP contribution is -2.39. The first-order chi connectivity index (χ1) is 15.8. The van der Waals surface area contributed by atoms with Gasteiger partial charge in [-0.1, -0.05) is 39.4 Å². The minimum absolute atomic E-state index is 0.179. The van der Waals surface area contributed by atoms with E-state index in [0.717, 1.165) is 10.0 Å². The second kappa shape index (κ2) is 9.44. The molecule has 9 heteroatoms. The molecule has 1 aliphatic rings. The van der Waals surface area contributed by atoms with Crippen molar-refractivity contribution in [3.05, 3.63) is 94.8 Å². The molecule has 1 aliphatic heterocycles. The summed E-state index contributed by atoms with van der Waals surface area (Å²) in [7, 11) is 1.56. The van der Waals surface area contributed by atoms with Gasteiger partial charge in [0.15, 0.2) is 4.80 Å². The minimum atomic E-state index is -0.785. The molecule has 0 aliphatic carbocycles. The molecule has 1 aromatic heterocycles. The Morgan fingerprint density at radius 3 is 2.67 bits per heavy atom. The zero-order valence-electron chi connectivity index (χ0n) is 18.1. The van der Waals surface area contributed by atoms with Gasteiger partial charge in [-0.25, -0.2) is 14.2 Å². The van der Waals surface area contributed by atoms with Gasteiger partial charge in [-0.3, -0.25) is 9.36 Å². The molecule has 0 spiro atoms. The number of methoxy groups -OCH3 is 1. The van der Waals surface area contributed by atoms with Gasteiger partial charge in [0, 0.05) is 10.0 Å². The molecule has 0 radical (unpaired) electrons. The third kappa shape index (κ3) is 4.43. The van der Waals surface area contributed by atoms with Crippen molar-refractivity contribution in [1.29, 1.82) is 0 Å². The van der Waals surface area contributed by atoms with Gasteiger partial charge in [-0.05, 0) is 55.8 Å². The Morgan fingerprint density at radius 2 is 2.00 bits per heavy atom. The van der Waals surface area contributed by atoms with Crippen LogP contribution in [0, 0.1) is 5.82 Å². The van der Waals surface area contributed by atoms with Crippen LogP contribution in [-0.4, -0.2) is 24.3 Å². The fourth-order valence-electron chi connectivity index (χ4n) is 3.71. The SMILES string of the molecule is CCOC(=O)C1=C(C)N=c2s/c(=C\c3cc(Br)ccc3OC)c(=O)n2[C@H]1c1ccc(F)cc1. The topological polar surface area (TPSA) is 69.9 Å². The van der Waals surface area contributed by atoms with Gasteiger partial charge in [0.25, 0.3) is 5.56 Å². The number of benzene rings is 2. The number of ether oxygens (including phenoxy) is 2. The molecule has 2 aromatic carbocycles. The Morgan fingerprint density at radius 1 is 1.27 bits per heavy atom. The molecule has 1 atom stereocenters. The number of carbonyl (C=O) groups is 1. The highest BCUT2D eigenvalue weighted by atomic mass is 79.9. The largest absolute Gasteiger partial charge is 0.496 e. The quantitative estimate of drug-likeness (QED) is 0.471. The molecule has 0 saturated carbocycles. The molecule has 33 heavy (non-hydrogen) atoms. The molecule has 6 nitrogen and oxygen atoms in total. The van der Waals surface area contributed by atoms with E-state index in [2.05, 4.69) is 20.9 Å². The lowest BCUT2D eigenvalue weighted by atomic mass is 9.96. The van der Waals surface area contributed by atoms with E-state index in [9.17, 15) is 14.0 Å². The number of fused-ring (bicyclic) bond motifs is 1. The molecule has 0 fully saturated rings. The van der Waals surface area contributed by atoms with Crippen molar-refractivity contribution >= 4 is 39.3 Å². The second-order valence-corrected chi connectivity index (χ2v) is 9.16. The average molecular weight is 531 g/mol. The first-order valence-corrected chi connectivity index (χ1v) is 11.7. The first kappa shape index (κ1) is 23.1. The lowest BCUT2D eigenvalue weighted by molar-refractivity contribution is -0.139. The fourth-order valence-corrected chi connectivity index (χ4v) is 5.13. The van der Waals surface area contributed by atoms with Crippen LogP contribution in [0.15, 0.2) is 68.0 Å². The summed E-state index contributed by atoms with van der Waals surface area (Å²) in [6.45, 7) is 3.59. The summed E-state index contributed by atoms with van der Waals surface area (Å²) in [4.78, 5) is 31.4. The Balaban J connectivity index is 1.97. The van der Waals surface area contributed by atoms with Crippen LogP contribution in [-0.2, 0) is 9.53 Å². The average Bonchev–Trinajstić information content (AvgIpc) is 3.08. The zero-order chi connectivity index (χ0) is 23.7. The predicted octanol–water partition coefficient (Wildman–Crippen LogP) is 3.71. The normalized spacial score (nSPS) is 15.8. The number of aromatic nitrogens is 1. The number of hydrogen-bond acceptors (Lipinski definition) is 6. The van der Waals surface area contributed by atoms with Gasteiger partial charge in [0.05, 0.1) is 35.6 Å². The summed E-state index contributed by atoms with van der Waals surface area (Å²) in [5, 5.41) is 0.